The lowest BCUT2D eigenvalue weighted by atomic mass is 10.3. The molecule has 6 nitrogen and oxygen atoms in total. The first-order chi connectivity index (χ1) is 8.67. The van der Waals surface area contributed by atoms with Crippen LogP contribution >= 0.6 is 0 Å². The van der Waals surface area contributed by atoms with Gasteiger partial charge in [-0.3, -0.25) is 4.79 Å². The zero-order valence-corrected chi connectivity index (χ0v) is 10.3. The number of aromatic nitrogens is 2. The molecule has 0 unspecified atom stereocenters. The summed E-state index contributed by atoms with van der Waals surface area (Å²) >= 11 is 0. The quantitative estimate of drug-likeness (QED) is 0.731. The lowest BCUT2D eigenvalue weighted by Gasteiger charge is -1.98. The predicted molar refractivity (Wildman–Crippen MR) is 63.7 cm³/mol. The van der Waals surface area contributed by atoms with Gasteiger partial charge in [0.1, 0.15) is 0 Å². The Kier molecular flexibility index (Phi) is 5.50. The van der Waals surface area contributed by atoms with Gasteiger partial charge in [0.25, 0.3) is 0 Å². The Hall–Kier alpha value is -2.24. The molecule has 0 amide bonds. The number of nitrogens with zero attached hydrogens (tertiary/aromatic N) is 2. The van der Waals surface area contributed by atoms with Gasteiger partial charge in [-0.2, -0.15) is 0 Å². The molecular weight excluding hydrogens is 236 g/mol. The van der Waals surface area contributed by atoms with Crippen LogP contribution in [0.2, 0.25) is 0 Å². The highest BCUT2D eigenvalue weighted by molar-refractivity contribution is 5.84. The van der Waals surface area contributed by atoms with Crippen molar-refractivity contribution in [3.63, 3.8) is 0 Å². The van der Waals surface area contributed by atoms with Gasteiger partial charge in [0, 0.05) is 18.0 Å². The Bertz CT molecular complexity index is 440. The predicted octanol–water partition coefficient (Wildman–Crippen LogP) is 1.23. The highest BCUT2D eigenvalue weighted by Gasteiger charge is 2.07. The van der Waals surface area contributed by atoms with E-state index >= 15 is 0 Å². The van der Waals surface area contributed by atoms with Crippen molar-refractivity contribution >= 4 is 18.0 Å². The number of methoxy groups -OCH3 is 1. The summed E-state index contributed by atoms with van der Waals surface area (Å²) in [4.78, 5) is 29.8. The smallest absolute Gasteiger partial charge is 0.376 e. The first-order valence-corrected chi connectivity index (χ1v) is 5.40. The van der Waals surface area contributed by atoms with Crippen molar-refractivity contribution < 1.29 is 19.1 Å². The van der Waals surface area contributed by atoms with E-state index in [1.54, 1.807) is 19.1 Å². The molecule has 0 radical (unpaired) electrons. The third kappa shape index (κ3) is 4.32. The summed E-state index contributed by atoms with van der Waals surface area (Å²) in [6.07, 6.45) is 6.46. The van der Waals surface area contributed by atoms with Crippen molar-refractivity contribution in [3.05, 3.63) is 29.9 Å². The van der Waals surface area contributed by atoms with Gasteiger partial charge >= 0.3 is 11.9 Å². The van der Waals surface area contributed by atoms with Crippen LogP contribution in [0.25, 0.3) is 6.08 Å². The van der Waals surface area contributed by atoms with Crippen LogP contribution in [0.1, 0.15) is 29.5 Å². The molecule has 0 aliphatic carbocycles. The number of hydrogen-bond acceptors (Lipinski definition) is 6. The van der Waals surface area contributed by atoms with E-state index < -0.39 is 5.97 Å². The molecular formula is C12H14N2O4. The number of carbonyl (C=O) groups is 2. The van der Waals surface area contributed by atoms with Crippen LogP contribution in [0.5, 0.6) is 0 Å². The maximum absolute atomic E-state index is 11.1. The third-order valence-electron chi connectivity index (χ3n) is 1.94. The van der Waals surface area contributed by atoms with Crippen molar-refractivity contribution in [3.8, 4) is 0 Å². The van der Waals surface area contributed by atoms with E-state index in [2.05, 4.69) is 14.7 Å². The first kappa shape index (κ1) is 13.8. The van der Waals surface area contributed by atoms with E-state index in [1.807, 2.05) is 0 Å². The minimum atomic E-state index is -0.586. The third-order valence-corrected chi connectivity index (χ3v) is 1.94. The van der Waals surface area contributed by atoms with Gasteiger partial charge in [0.05, 0.1) is 20.1 Å². The van der Waals surface area contributed by atoms with Crippen LogP contribution in [0.3, 0.4) is 0 Å². The van der Waals surface area contributed by atoms with Gasteiger partial charge in [0.15, 0.2) is 0 Å². The van der Waals surface area contributed by atoms with Crippen LogP contribution in [0.4, 0.5) is 0 Å². The van der Waals surface area contributed by atoms with E-state index in [9.17, 15) is 9.59 Å². The van der Waals surface area contributed by atoms with Gasteiger partial charge in [-0.1, -0.05) is 12.2 Å². The van der Waals surface area contributed by atoms with Gasteiger partial charge in [-0.15, -0.1) is 0 Å². The molecule has 0 saturated heterocycles. The number of carbonyl (C=O) groups excluding carboxylic acids is 2. The van der Waals surface area contributed by atoms with Crippen LogP contribution in [-0.2, 0) is 14.3 Å². The molecule has 0 aliphatic heterocycles. The molecule has 0 fully saturated rings. The van der Waals surface area contributed by atoms with Gasteiger partial charge in [-0.05, 0) is 6.92 Å². The van der Waals surface area contributed by atoms with Crippen molar-refractivity contribution in [1.29, 1.82) is 0 Å². The maximum atomic E-state index is 11.1. The lowest BCUT2D eigenvalue weighted by Crippen LogP contribution is -2.06. The summed E-state index contributed by atoms with van der Waals surface area (Å²) in [6.45, 7) is 2.12. The zero-order chi connectivity index (χ0) is 13.4. The summed E-state index contributed by atoms with van der Waals surface area (Å²) in [7, 11) is 1.26. The molecule has 0 aliphatic rings. The highest BCUT2D eigenvalue weighted by atomic mass is 16.5. The molecule has 0 bridgehead atoms. The van der Waals surface area contributed by atoms with Gasteiger partial charge < -0.3 is 9.47 Å². The fourth-order valence-electron chi connectivity index (χ4n) is 1.13. The molecule has 0 spiro atoms. The minimum absolute atomic E-state index is 0.0000395. The van der Waals surface area contributed by atoms with E-state index in [1.165, 1.54) is 19.5 Å². The minimum Gasteiger partial charge on any atom is -0.466 e. The molecule has 0 aromatic carbocycles. The van der Waals surface area contributed by atoms with Gasteiger partial charge in [0.2, 0.25) is 5.82 Å². The van der Waals surface area contributed by atoms with Crippen LogP contribution in [0, 0.1) is 0 Å². The second-order valence-electron chi connectivity index (χ2n) is 3.24. The molecule has 1 aromatic rings. The normalized spacial score (nSPS) is 10.3. The Balaban J connectivity index is 2.56. The van der Waals surface area contributed by atoms with E-state index in [0.717, 1.165) is 0 Å². The number of ether oxygens (including phenoxy) is 2. The molecule has 1 aromatic heterocycles. The van der Waals surface area contributed by atoms with Crippen LogP contribution < -0.4 is 0 Å². The van der Waals surface area contributed by atoms with E-state index in [4.69, 9.17) is 4.74 Å². The van der Waals surface area contributed by atoms with Crippen LogP contribution in [-0.4, -0.2) is 35.6 Å². The fraction of sp³-hybridized carbons (Fsp3) is 0.333. The van der Waals surface area contributed by atoms with Crippen molar-refractivity contribution in [1.82, 2.24) is 9.97 Å². The Morgan fingerprint density at radius 3 is 2.56 bits per heavy atom. The SMILES string of the molecule is CCOC(=O)CC=Cc1cnc(C(=O)OC)nc1. The molecule has 0 saturated carbocycles. The number of rotatable bonds is 5. The van der Waals surface area contributed by atoms with Gasteiger partial charge in [-0.25, -0.2) is 14.8 Å². The van der Waals surface area contributed by atoms with E-state index in [0.29, 0.717) is 12.2 Å². The Labute approximate surface area is 105 Å². The zero-order valence-electron chi connectivity index (χ0n) is 10.3. The fourth-order valence-corrected chi connectivity index (χ4v) is 1.13. The average molecular weight is 250 g/mol. The van der Waals surface area contributed by atoms with E-state index in [-0.39, 0.29) is 18.2 Å². The molecule has 1 rings (SSSR count). The summed E-state index contributed by atoms with van der Waals surface area (Å²) in [6, 6.07) is 0. The monoisotopic (exact) mass is 250 g/mol. The maximum Gasteiger partial charge on any atom is 0.376 e. The molecule has 96 valence electrons. The Morgan fingerprint density at radius 1 is 1.33 bits per heavy atom. The molecule has 0 atom stereocenters. The summed E-state index contributed by atoms with van der Waals surface area (Å²) in [5, 5.41) is 0. The van der Waals surface area contributed by atoms with Crippen molar-refractivity contribution in [2.45, 2.75) is 13.3 Å². The summed E-state index contributed by atoms with van der Waals surface area (Å²) < 4.78 is 9.23. The lowest BCUT2D eigenvalue weighted by molar-refractivity contribution is -0.142. The highest BCUT2D eigenvalue weighted by Crippen LogP contribution is 2.01. The Morgan fingerprint density at radius 2 is 2.00 bits per heavy atom. The molecule has 0 N–H and O–H groups in total. The number of hydrogen-bond donors (Lipinski definition) is 0. The van der Waals surface area contributed by atoms with Crippen molar-refractivity contribution in [2.75, 3.05) is 13.7 Å². The largest absolute Gasteiger partial charge is 0.466 e. The van der Waals surface area contributed by atoms with Crippen LogP contribution in [0.15, 0.2) is 18.5 Å². The molecule has 6 heteroatoms. The molecule has 1 heterocycles. The number of esters is 2. The topological polar surface area (TPSA) is 78.4 Å². The first-order valence-electron chi connectivity index (χ1n) is 5.40. The second-order valence-corrected chi connectivity index (χ2v) is 3.24. The summed E-state index contributed by atoms with van der Waals surface area (Å²) in [5.41, 5.74) is 0.687. The standard InChI is InChI=1S/C12H14N2O4/c1-3-18-10(15)6-4-5-9-7-13-11(14-8-9)12(16)17-2/h4-5,7-8H,3,6H2,1-2H3. The molecule has 18 heavy (non-hydrogen) atoms. The second kappa shape index (κ2) is 7.16. The summed E-state index contributed by atoms with van der Waals surface area (Å²) in [5.74, 6) is -0.877. The average Bonchev–Trinajstić information content (AvgIpc) is 2.39. The van der Waals surface area contributed by atoms with Crippen molar-refractivity contribution in [2.24, 2.45) is 0 Å².